The minimum Gasteiger partial charge on any atom is -0.455 e. The zero-order chi connectivity index (χ0) is 19.4. The van der Waals surface area contributed by atoms with Crippen molar-refractivity contribution in [2.75, 3.05) is 10.6 Å². The van der Waals surface area contributed by atoms with Gasteiger partial charge in [-0.15, -0.1) is 0 Å². The van der Waals surface area contributed by atoms with Crippen LogP contribution < -0.4 is 10.6 Å². The fraction of sp³-hybridized carbons (Fsp3) is 0.167. The summed E-state index contributed by atoms with van der Waals surface area (Å²) < 4.78 is 7.52. The first-order chi connectivity index (χ1) is 12.9. The molecule has 0 radical (unpaired) electrons. The molecule has 9 heteroatoms. The van der Waals surface area contributed by atoms with Crippen LogP contribution >= 0.6 is 23.4 Å². The summed E-state index contributed by atoms with van der Waals surface area (Å²) in [6.45, 7) is 1.40. The zero-order valence-corrected chi connectivity index (χ0v) is 16.2. The Bertz CT molecular complexity index is 983. The van der Waals surface area contributed by atoms with Crippen molar-refractivity contribution >= 4 is 46.6 Å². The maximum absolute atomic E-state index is 12.4. The Hall–Kier alpha value is -2.71. The topological polar surface area (TPSA) is 89.2 Å². The van der Waals surface area contributed by atoms with E-state index in [1.54, 1.807) is 36.5 Å². The third-order valence-corrected chi connectivity index (χ3v) is 4.95. The summed E-state index contributed by atoms with van der Waals surface area (Å²) >= 11 is 7.63. The monoisotopic (exact) mass is 404 g/mol. The molecule has 0 saturated carbocycles. The number of furan rings is 1. The summed E-state index contributed by atoms with van der Waals surface area (Å²) in [5.41, 5.74) is 0.919. The molecular formula is C18H17ClN4O3S. The number of amides is 2. The average molecular weight is 405 g/mol. The molecule has 0 saturated heterocycles. The molecule has 0 aliphatic rings. The molecule has 0 fully saturated rings. The van der Waals surface area contributed by atoms with Gasteiger partial charge in [0.15, 0.2) is 10.9 Å². The SMILES string of the molecule is CC(=O)Nc1ccc(Cl)c(NC(=O)c2ccc(CSc3nccn3C)o2)c1. The van der Waals surface area contributed by atoms with Crippen LogP contribution in [0.1, 0.15) is 23.2 Å². The van der Waals surface area contributed by atoms with Gasteiger partial charge in [-0.25, -0.2) is 4.98 Å². The minimum atomic E-state index is -0.426. The van der Waals surface area contributed by atoms with Gasteiger partial charge in [-0.1, -0.05) is 23.4 Å². The molecule has 7 nitrogen and oxygen atoms in total. The first-order valence-electron chi connectivity index (χ1n) is 7.99. The molecule has 0 spiro atoms. The molecule has 140 valence electrons. The van der Waals surface area contributed by atoms with E-state index >= 15 is 0 Å². The Morgan fingerprint density at radius 3 is 2.78 bits per heavy atom. The Labute approximate surface area is 165 Å². The van der Waals surface area contributed by atoms with Crippen molar-refractivity contribution in [3.8, 4) is 0 Å². The third-order valence-electron chi connectivity index (χ3n) is 3.54. The van der Waals surface area contributed by atoms with Gasteiger partial charge in [-0.2, -0.15) is 0 Å². The van der Waals surface area contributed by atoms with E-state index in [2.05, 4.69) is 15.6 Å². The van der Waals surface area contributed by atoms with E-state index in [4.69, 9.17) is 16.0 Å². The molecule has 27 heavy (non-hydrogen) atoms. The van der Waals surface area contributed by atoms with Gasteiger partial charge in [0.2, 0.25) is 5.91 Å². The average Bonchev–Trinajstić information content (AvgIpc) is 3.24. The summed E-state index contributed by atoms with van der Waals surface area (Å²) in [4.78, 5) is 27.8. The van der Waals surface area contributed by atoms with Crippen LogP contribution in [0.15, 0.2) is 52.3 Å². The lowest BCUT2D eigenvalue weighted by atomic mass is 10.2. The number of thioether (sulfide) groups is 1. The number of hydrogen-bond acceptors (Lipinski definition) is 5. The third kappa shape index (κ3) is 4.93. The van der Waals surface area contributed by atoms with Gasteiger partial charge >= 0.3 is 0 Å². The number of carbonyl (C=O) groups is 2. The number of benzene rings is 1. The fourth-order valence-corrected chi connectivity index (χ4v) is 3.28. The number of halogens is 1. The highest BCUT2D eigenvalue weighted by Gasteiger charge is 2.14. The second-order valence-electron chi connectivity index (χ2n) is 5.71. The van der Waals surface area contributed by atoms with Crippen LogP contribution in [0, 0.1) is 0 Å². The quantitative estimate of drug-likeness (QED) is 0.602. The highest BCUT2D eigenvalue weighted by atomic mass is 35.5. The number of aromatic nitrogens is 2. The van der Waals surface area contributed by atoms with Gasteiger partial charge in [0, 0.05) is 32.1 Å². The number of anilines is 2. The number of imidazole rings is 1. The standard InChI is InChI=1S/C18H17ClN4O3S/c1-11(24)21-12-3-5-14(19)15(9-12)22-17(25)16-6-4-13(26-16)10-27-18-20-7-8-23(18)2/h3-9H,10H2,1-2H3,(H,21,24)(H,22,25). The van der Waals surface area contributed by atoms with Crippen molar-refractivity contribution in [1.29, 1.82) is 0 Å². The molecule has 2 heterocycles. The number of aryl methyl sites for hydroxylation is 1. The second-order valence-corrected chi connectivity index (χ2v) is 7.05. The highest BCUT2D eigenvalue weighted by Crippen LogP contribution is 2.27. The van der Waals surface area contributed by atoms with Crippen LogP contribution in [0.5, 0.6) is 0 Å². The molecular weight excluding hydrogens is 388 g/mol. The lowest BCUT2D eigenvalue weighted by Gasteiger charge is -2.09. The number of nitrogens with one attached hydrogen (secondary N) is 2. The molecule has 2 N–H and O–H groups in total. The lowest BCUT2D eigenvalue weighted by Crippen LogP contribution is -2.12. The van der Waals surface area contributed by atoms with Crippen molar-refractivity contribution < 1.29 is 14.0 Å². The smallest absolute Gasteiger partial charge is 0.291 e. The van der Waals surface area contributed by atoms with E-state index < -0.39 is 5.91 Å². The maximum Gasteiger partial charge on any atom is 0.291 e. The van der Waals surface area contributed by atoms with Crippen LogP contribution in [0.25, 0.3) is 0 Å². The van der Waals surface area contributed by atoms with Crippen LogP contribution in [-0.4, -0.2) is 21.4 Å². The van der Waals surface area contributed by atoms with Gasteiger partial charge < -0.3 is 19.6 Å². The molecule has 0 atom stereocenters. The van der Waals surface area contributed by atoms with Crippen molar-refractivity contribution in [1.82, 2.24) is 9.55 Å². The van der Waals surface area contributed by atoms with Crippen LogP contribution in [0.4, 0.5) is 11.4 Å². The van der Waals surface area contributed by atoms with E-state index in [-0.39, 0.29) is 11.7 Å². The van der Waals surface area contributed by atoms with Crippen molar-refractivity contribution in [3.63, 3.8) is 0 Å². The lowest BCUT2D eigenvalue weighted by molar-refractivity contribution is -0.114. The predicted octanol–water partition coefficient (Wildman–Crippen LogP) is 4.17. The van der Waals surface area contributed by atoms with E-state index in [9.17, 15) is 9.59 Å². The van der Waals surface area contributed by atoms with Gasteiger partial charge in [-0.3, -0.25) is 9.59 Å². The molecule has 3 aromatic rings. The first kappa shape index (κ1) is 19.1. The van der Waals surface area contributed by atoms with Crippen LogP contribution in [0.3, 0.4) is 0 Å². The van der Waals surface area contributed by atoms with Gasteiger partial charge in [-0.05, 0) is 30.3 Å². The Kier molecular flexibility index (Phi) is 5.88. The van der Waals surface area contributed by atoms with Crippen molar-refractivity contribution in [2.45, 2.75) is 17.8 Å². The van der Waals surface area contributed by atoms with Crippen LogP contribution in [-0.2, 0) is 17.6 Å². The zero-order valence-electron chi connectivity index (χ0n) is 14.7. The Morgan fingerprint density at radius 1 is 1.26 bits per heavy atom. The maximum atomic E-state index is 12.4. The number of rotatable bonds is 6. The second kappa shape index (κ2) is 8.32. The predicted molar refractivity (Wildman–Crippen MR) is 105 cm³/mol. The molecule has 0 unspecified atom stereocenters. The molecule has 3 rings (SSSR count). The van der Waals surface area contributed by atoms with Gasteiger partial charge in [0.25, 0.3) is 5.91 Å². The fourth-order valence-electron chi connectivity index (χ4n) is 2.29. The molecule has 2 amide bonds. The minimum absolute atomic E-state index is 0.173. The first-order valence-corrected chi connectivity index (χ1v) is 9.36. The van der Waals surface area contributed by atoms with E-state index in [0.29, 0.717) is 27.9 Å². The Balaban J connectivity index is 1.65. The number of hydrogen-bond donors (Lipinski definition) is 2. The van der Waals surface area contributed by atoms with Crippen LogP contribution in [0.2, 0.25) is 5.02 Å². The van der Waals surface area contributed by atoms with E-state index in [1.165, 1.54) is 18.7 Å². The molecule has 0 bridgehead atoms. The van der Waals surface area contributed by atoms with Crippen molar-refractivity contribution in [3.05, 3.63) is 59.3 Å². The van der Waals surface area contributed by atoms with E-state index in [0.717, 1.165) is 5.16 Å². The molecule has 2 aromatic heterocycles. The Morgan fingerprint density at radius 2 is 2.07 bits per heavy atom. The summed E-state index contributed by atoms with van der Waals surface area (Å²) in [5, 5.41) is 6.55. The highest BCUT2D eigenvalue weighted by molar-refractivity contribution is 7.98. The normalized spacial score (nSPS) is 10.6. The molecule has 0 aliphatic carbocycles. The molecule has 0 aliphatic heterocycles. The van der Waals surface area contributed by atoms with E-state index in [1.807, 2.05) is 17.8 Å². The largest absolute Gasteiger partial charge is 0.455 e. The summed E-state index contributed by atoms with van der Waals surface area (Å²) in [7, 11) is 1.91. The van der Waals surface area contributed by atoms with Gasteiger partial charge in [0.05, 0.1) is 16.5 Å². The number of nitrogens with zero attached hydrogens (tertiary/aromatic N) is 2. The van der Waals surface area contributed by atoms with Crippen molar-refractivity contribution in [2.24, 2.45) is 7.05 Å². The molecule has 1 aromatic carbocycles. The summed E-state index contributed by atoms with van der Waals surface area (Å²) in [6, 6.07) is 8.19. The van der Waals surface area contributed by atoms with Gasteiger partial charge in [0.1, 0.15) is 5.76 Å². The number of carbonyl (C=O) groups excluding carboxylic acids is 2. The summed E-state index contributed by atoms with van der Waals surface area (Å²) in [6.07, 6.45) is 3.59. The summed E-state index contributed by atoms with van der Waals surface area (Å²) in [5.74, 6) is 0.745.